The Labute approximate surface area is 170 Å². The van der Waals surface area contributed by atoms with Gasteiger partial charge in [-0.15, -0.1) is 0 Å². The molecule has 0 aliphatic rings. The topological polar surface area (TPSA) is 56.3 Å². The van der Waals surface area contributed by atoms with E-state index in [9.17, 15) is 13.2 Å². The van der Waals surface area contributed by atoms with Crippen LogP contribution in [0.2, 0.25) is 0 Å². The zero-order valence-electron chi connectivity index (χ0n) is 16.0. The number of anilines is 1. The minimum atomic E-state index is -4.46. The lowest BCUT2D eigenvalue weighted by Crippen LogP contribution is -2.07. The normalized spacial score (nSPS) is 11.4. The van der Waals surface area contributed by atoms with Crippen molar-refractivity contribution < 1.29 is 22.6 Å². The van der Waals surface area contributed by atoms with Gasteiger partial charge in [-0.2, -0.15) is 13.2 Å². The molecule has 1 heterocycles. The summed E-state index contributed by atoms with van der Waals surface area (Å²) >= 11 is 3.34. The Bertz CT molecular complexity index is 801. The Morgan fingerprint density at radius 3 is 2.50 bits per heavy atom. The minimum Gasteiger partial charge on any atom is -0.496 e. The lowest BCUT2D eigenvalue weighted by Gasteiger charge is -2.15. The number of ether oxygens (including phenoxy) is 2. The predicted molar refractivity (Wildman–Crippen MR) is 106 cm³/mol. The Morgan fingerprint density at radius 2 is 1.89 bits per heavy atom. The summed E-state index contributed by atoms with van der Waals surface area (Å²) in [6.45, 7) is 2.65. The van der Waals surface area contributed by atoms with Crippen molar-refractivity contribution in [3.63, 3.8) is 0 Å². The van der Waals surface area contributed by atoms with Gasteiger partial charge in [0.15, 0.2) is 5.82 Å². The van der Waals surface area contributed by atoms with E-state index < -0.39 is 11.7 Å². The van der Waals surface area contributed by atoms with E-state index in [0.717, 1.165) is 37.8 Å². The molecule has 0 spiro atoms. The number of nitrogens with zero attached hydrogens (tertiary/aromatic N) is 2. The van der Waals surface area contributed by atoms with Gasteiger partial charge in [0.25, 0.3) is 5.88 Å². The molecule has 0 amide bonds. The summed E-state index contributed by atoms with van der Waals surface area (Å²) in [5.74, 6) is 0.788. The van der Waals surface area contributed by atoms with Crippen LogP contribution in [0.1, 0.15) is 38.2 Å². The van der Waals surface area contributed by atoms with Gasteiger partial charge in [0, 0.05) is 12.6 Å². The van der Waals surface area contributed by atoms with Gasteiger partial charge in [0.05, 0.1) is 19.3 Å². The van der Waals surface area contributed by atoms with Crippen LogP contribution >= 0.6 is 15.9 Å². The molecule has 9 heteroatoms. The first-order valence-electron chi connectivity index (χ1n) is 8.95. The second kappa shape index (κ2) is 9.95. The van der Waals surface area contributed by atoms with E-state index >= 15 is 0 Å². The van der Waals surface area contributed by atoms with Crippen molar-refractivity contribution in [1.82, 2.24) is 9.97 Å². The molecule has 0 radical (unpaired) electrons. The molecule has 0 unspecified atom stereocenters. The van der Waals surface area contributed by atoms with Gasteiger partial charge in [-0.25, -0.2) is 9.97 Å². The fraction of sp³-hybridized carbons (Fsp3) is 0.474. The average molecular weight is 462 g/mol. The summed E-state index contributed by atoms with van der Waals surface area (Å²) in [5.41, 5.74) is -0.0489. The van der Waals surface area contributed by atoms with Gasteiger partial charge >= 0.3 is 6.18 Å². The molecular weight excluding hydrogens is 439 g/mol. The molecule has 0 aliphatic heterocycles. The molecule has 0 fully saturated rings. The molecule has 2 rings (SSSR count). The van der Waals surface area contributed by atoms with E-state index in [1.807, 2.05) is 0 Å². The maximum Gasteiger partial charge on any atom is 0.416 e. The van der Waals surface area contributed by atoms with E-state index in [0.29, 0.717) is 34.2 Å². The highest BCUT2D eigenvalue weighted by atomic mass is 79.9. The van der Waals surface area contributed by atoms with Crippen molar-refractivity contribution in [1.29, 1.82) is 0 Å². The van der Waals surface area contributed by atoms with Gasteiger partial charge in [0.1, 0.15) is 16.0 Å². The van der Waals surface area contributed by atoms with Crippen molar-refractivity contribution in [2.45, 2.75) is 38.8 Å². The first-order valence-corrected chi connectivity index (χ1v) is 9.74. The van der Waals surface area contributed by atoms with Gasteiger partial charge < -0.3 is 14.8 Å². The van der Waals surface area contributed by atoms with E-state index in [2.05, 4.69) is 38.1 Å². The van der Waals surface area contributed by atoms with E-state index in [1.54, 1.807) is 7.05 Å². The molecule has 1 aromatic heterocycles. The van der Waals surface area contributed by atoms with Crippen LogP contribution in [-0.2, 0) is 6.18 Å². The summed E-state index contributed by atoms with van der Waals surface area (Å²) in [6, 6.07) is 3.25. The van der Waals surface area contributed by atoms with Crippen molar-refractivity contribution >= 4 is 21.7 Å². The third-order valence-corrected chi connectivity index (χ3v) is 4.63. The summed E-state index contributed by atoms with van der Waals surface area (Å²) < 4.78 is 50.1. The van der Waals surface area contributed by atoms with Crippen molar-refractivity contribution in [3.8, 4) is 22.9 Å². The van der Waals surface area contributed by atoms with Crippen LogP contribution in [0.15, 0.2) is 22.8 Å². The Hall–Kier alpha value is -2.03. The number of aromatic nitrogens is 2. The van der Waals surface area contributed by atoms with Crippen LogP contribution < -0.4 is 14.8 Å². The minimum absolute atomic E-state index is 0.0557. The zero-order chi connectivity index (χ0) is 20.7. The number of hydrogen-bond acceptors (Lipinski definition) is 5. The van der Waals surface area contributed by atoms with Crippen LogP contribution in [0.4, 0.5) is 19.0 Å². The number of halogens is 4. The SMILES string of the molecule is CCCCCCOc1nc(Br)c(-c2ccc(C(F)(F)F)cc2OC)nc1NC. The Balaban J connectivity index is 2.33. The monoisotopic (exact) mass is 461 g/mol. The molecule has 2 aromatic rings. The second-order valence-electron chi connectivity index (χ2n) is 6.09. The van der Waals surface area contributed by atoms with Gasteiger partial charge in [-0.05, 0) is 40.5 Å². The van der Waals surface area contributed by atoms with Crippen molar-refractivity contribution in [2.75, 3.05) is 26.1 Å². The molecule has 0 aliphatic carbocycles. The Kier molecular flexibility index (Phi) is 7.91. The van der Waals surface area contributed by atoms with Gasteiger partial charge in [-0.3, -0.25) is 0 Å². The van der Waals surface area contributed by atoms with Crippen LogP contribution in [0.3, 0.4) is 0 Å². The fourth-order valence-electron chi connectivity index (χ4n) is 2.60. The lowest BCUT2D eigenvalue weighted by molar-refractivity contribution is -0.137. The maximum atomic E-state index is 13.0. The van der Waals surface area contributed by atoms with E-state index in [1.165, 1.54) is 13.2 Å². The number of alkyl halides is 3. The molecular formula is C19H23BrF3N3O2. The molecule has 0 atom stereocenters. The first kappa shape index (κ1) is 22.3. The second-order valence-corrected chi connectivity index (χ2v) is 6.84. The molecule has 1 N–H and O–H groups in total. The summed E-state index contributed by atoms with van der Waals surface area (Å²) in [5, 5.41) is 2.92. The first-order chi connectivity index (χ1) is 13.3. The van der Waals surface area contributed by atoms with Crippen LogP contribution in [-0.4, -0.2) is 30.7 Å². The number of unbranched alkanes of at least 4 members (excludes halogenated alkanes) is 3. The third kappa shape index (κ3) is 5.50. The third-order valence-electron chi connectivity index (χ3n) is 4.08. The van der Waals surface area contributed by atoms with Crippen LogP contribution in [0.25, 0.3) is 11.3 Å². The summed E-state index contributed by atoms with van der Waals surface area (Å²) in [6.07, 6.45) is -0.201. The standard InChI is InChI=1S/C19H23BrF3N3O2/c1-4-5-6-7-10-28-18-17(24-2)25-15(16(20)26-18)13-9-8-12(19(21,22)23)11-14(13)27-3/h8-9,11H,4-7,10H2,1-3H3,(H,24,25). The van der Waals surface area contributed by atoms with Crippen molar-refractivity contribution in [2.24, 2.45) is 0 Å². The van der Waals surface area contributed by atoms with Gasteiger partial charge in [0.2, 0.25) is 0 Å². The van der Waals surface area contributed by atoms with Crippen LogP contribution in [0.5, 0.6) is 11.6 Å². The fourth-order valence-corrected chi connectivity index (χ4v) is 3.06. The zero-order valence-corrected chi connectivity index (χ0v) is 17.6. The van der Waals surface area contributed by atoms with E-state index in [4.69, 9.17) is 9.47 Å². The quantitative estimate of drug-likeness (QED) is 0.468. The lowest BCUT2D eigenvalue weighted by atomic mass is 10.1. The highest BCUT2D eigenvalue weighted by Crippen LogP contribution is 2.39. The molecule has 0 bridgehead atoms. The van der Waals surface area contributed by atoms with Crippen LogP contribution in [0, 0.1) is 0 Å². The summed E-state index contributed by atoms with van der Waals surface area (Å²) in [4.78, 5) is 8.85. The predicted octanol–water partition coefficient (Wildman–Crippen LogP) is 5.93. The maximum absolute atomic E-state index is 13.0. The molecule has 0 saturated carbocycles. The molecule has 5 nitrogen and oxygen atoms in total. The average Bonchev–Trinajstić information content (AvgIpc) is 2.67. The largest absolute Gasteiger partial charge is 0.496 e. The summed E-state index contributed by atoms with van der Waals surface area (Å²) in [7, 11) is 2.99. The smallest absolute Gasteiger partial charge is 0.416 e. The molecule has 0 saturated heterocycles. The van der Waals surface area contributed by atoms with Crippen molar-refractivity contribution in [3.05, 3.63) is 28.4 Å². The molecule has 1 aromatic carbocycles. The number of hydrogen-bond donors (Lipinski definition) is 1. The molecule has 28 heavy (non-hydrogen) atoms. The highest BCUT2D eigenvalue weighted by Gasteiger charge is 2.31. The number of rotatable bonds is 9. The van der Waals surface area contributed by atoms with E-state index in [-0.39, 0.29) is 5.75 Å². The van der Waals surface area contributed by atoms with Gasteiger partial charge in [-0.1, -0.05) is 26.2 Å². The number of nitrogens with one attached hydrogen (secondary N) is 1. The molecule has 154 valence electrons. The number of methoxy groups -OCH3 is 1. The number of benzene rings is 1. The highest BCUT2D eigenvalue weighted by molar-refractivity contribution is 9.10. The Morgan fingerprint density at radius 1 is 1.14 bits per heavy atom.